The smallest absolute Gasteiger partial charge is 0.255 e. The fraction of sp³-hybridized carbons (Fsp3) is 0.333. The molecule has 1 aromatic carbocycles. The van der Waals surface area contributed by atoms with Crippen LogP contribution in [0, 0.1) is 0 Å². The maximum absolute atomic E-state index is 13.1. The summed E-state index contributed by atoms with van der Waals surface area (Å²) in [6.07, 6.45) is 2.32. The molecule has 3 aromatic rings. The van der Waals surface area contributed by atoms with E-state index >= 15 is 0 Å². The minimum Gasteiger partial charge on any atom is -0.493 e. The van der Waals surface area contributed by atoms with Crippen molar-refractivity contribution in [2.24, 2.45) is 0 Å². The molecule has 2 atom stereocenters. The number of hydrogen-bond acceptors (Lipinski definition) is 7. The molecule has 5 N–H and O–H groups in total. The van der Waals surface area contributed by atoms with E-state index in [1.54, 1.807) is 25.4 Å². The fourth-order valence-electron chi connectivity index (χ4n) is 4.55. The Hall–Kier alpha value is -3.27. The number of nitrogens with two attached hydrogens (primary N) is 1. The number of nitrogen functional groups attached to an aromatic ring is 1. The minimum absolute atomic E-state index is 0.0224. The fourth-order valence-corrected chi connectivity index (χ4v) is 4.81. The van der Waals surface area contributed by atoms with Crippen molar-refractivity contribution in [1.29, 1.82) is 0 Å². The minimum atomic E-state index is -0.167. The molecule has 1 amide bonds. The molecule has 1 unspecified atom stereocenters. The lowest BCUT2D eigenvalue weighted by Crippen LogP contribution is -2.38. The Kier molecular flexibility index (Phi) is 6.32. The zero-order chi connectivity index (χ0) is 23.7. The topological polar surface area (TPSA) is 124 Å². The van der Waals surface area contributed by atoms with Crippen molar-refractivity contribution in [2.45, 2.75) is 18.4 Å². The van der Waals surface area contributed by atoms with Crippen LogP contribution in [0.4, 0.5) is 17.2 Å². The van der Waals surface area contributed by atoms with Gasteiger partial charge in [0, 0.05) is 29.9 Å². The van der Waals surface area contributed by atoms with E-state index < -0.39 is 0 Å². The summed E-state index contributed by atoms with van der Waals surface area (Å²) in [5.74, 6) is 0.721. The highest BCUT2D eigenvalue weighted by Gasteiger charge is 2.35. The van der Waals surface area contributed by atoms with Gasteiger partial charge in [0.15, 0.2) is 5.75 Å². The molecular weight excluding hydrogens is 458 g/mol. The Bertz CT molecular complexity index is 1210. The number of nitrogens with zero attached hydrogens (tertiary/aromatic N) is 1. The summed E-state index contributed by atoms with van der Waals surface area (Å²) < 4.78 is 17.0. The first-order valence-corrected chi connectivity index (χ1v) is 11.5. The van der Waals surface area contributed by atoms with Gasteiger partial charge < -0.3 is 35.6 Å². The summed E-state index contributed by atoms with van der Waals surface area (Å²) in [4.78, 5) is 20.8. The molecule has 0 saturated carbocycles. The lowest BCUT2D eigenvalue weighted by Gasteiger charge is -2.29. The van der Waals surface area contributed by atoms with E-state index in [1.807, 2.05) is 18.2 Å². The molecular formula is C24H26ClN5O4. The Balaban J connectivity index is 1.62. The largest absolute Gasteiger partial charge is 0.493 e. The summed E-state index contributed by atoms with van der Waals surface area (Å²) in [6.45, 7) is 2.22. The van der Waals surface area contributed by atoms with E-state index in [0.717, 1.165) is 17.0 Å². The summed E-state index contributed by atoms with van der Waals surface area (Å²) >= 11 is 6.35. The monoisotopic (exact) mass is 483 g/mol. The van der Waals surface area contributed by atoms with Crippen molar-refractivity contribution in [3.8, 4) is 17.0 Å². The highest BCUT2D eigenvalue weighted by Crippen LogP contribution is 2.43. The van der Waals surface area contributed by atoms with Gasteiger partial charge in [0.2, 0.25) is 0 Å². The first-order chi connectivity index (χ1) is 16.5. The van der Waals surface area contributed by atoms with E-state index in [1.165, 1.54) is 0 Å². The van der Waals surface area contributed by atoms with Crippen molar-refractivity contribution in [2.75, 3.05) is 44.5 Å². The quantitative estimate of drug-likeness (QED) is 0.421. The maximum Gasteiger partial charge on any atom is 0.255 e. The molecule has 34 heavy (non-hydrogen) atoms. The van der Waals surface area contributed by atoms with Crippen molar-refractivity contribution in [3.05, 3.63) is 52.8 Å². The number of nitrogens with one attached hydrogen (secondary N) is 3. The molecule has 0 radical (unpaired) electrons. The third-order valence-corrected chi connectivity index (χ3v) is 6.40. The number of hydrogen-bond donors (Lipinski definition) is 4. The first kappa shape index (κ1) is 22.5. The molecule has 2 aromatic heterocycles. The second-order valence-corrected chi connectivity index (χ2v) is 8.70. The van der Waals surface area contributed by atoms with E-state index in [-0.39, 0.29) is 17.9 Å². The molecule has 1 saturated heterocycles. The molecule has 2 aliphatic heterocycles. The molecule has 9 nitrogen and oxygen atoms in total. The third kappa shape index (κ3) is 4.29. The number of H-pyrrole nitrogens is 1. The summed E-state index contributed by atoms with van der Waals surface area (Å²) in [5.41, 5.74) is 10.1. The number of benzene rings is 1. The van der Waals surface area contributed by atoms with Crippen LogP contribution in [-0.4, -0.2) is 55.5 Å². The van der Waals surface area contributed by atoms with Gasteiger partial charge in [-0.2, -0.15) is 0 Å². The number of rotatable bonds is 6. The average Bonchev–Trinajstić information content (AvgIpc) is 3.22. The Morgan fingerprint density at radius 1 is 1.32 bits per heavy atom. The molecule has 0 bridgehead atoms. The predicted octanol–water partition coefficient (Wildman–Crippen LogP) is 3.70. The van der Waals surface area contributed by atoms with E-state index in [0.29, 0.717) is 66.3 Å². The van der Waals surface area contributed by atoms with E-state index in [4.69, 9.17) is 31.5 Å². The van der Waals surface area contributed by atoms with Crippen LogP contribution < -0.4 is 21.1 Å². The summed E-state index contributed by atoms with van der Waals surface area (Å²) in [7, 11) is 1.55. The number of methoxy groups -OCH3 is 1. The second-order valence-electron chi connectivity index (χ2n) is 8.29. The van der Waals surface area contributed by atoms with Crippen LogP contribution in [0.15, 0.2) is 36.5 Å². The molecule has 10 heteroatoms. The lowest BCUT2D eigenvalue weighted by molar-refractivity contribution is -0.0928. The summed E-state index contributed by atoms with van der Waals surface area (Å²) in [5, 5.41) is 6.89. The number of carbonyl (C=O) groups excluding carboxylic acids is 1. The van der Waals surface area contributed by atoms with Crippen molar-refractivity contribution in [1.82, 2.24) is 15.3 Å². The number of amides is 1. The molecule has 178 valence electrons. The van der Waals surface area contributed by atoms with Crippen LogP contribution in [-0.2, 0) is 9.47 Å². The number of ether oxygens (including phenoxy) is 3. The van der Waals surface area contributed by atoms with Gasteiger partial charge in [-0.25, -0.2) is 4.98 Å². The number of fused-ring (bicyclic) bond motifs is 1. The third-order valence-electron chi connectivity index (χ3n) is 6.11. The van der Waals surface area contributed by atoms with Gasteiger partial charge in [-0.05, 0) is 30.7 Å². The highest BCUT2D eigenvalue weighted by atomic mass is 35.5. The van der Waals surface area contributed by atoms with Gasteiger partial charge in [0.25, 0.3) is 5.91 Å². The normalized spacial score (nSPS) is 19.9. The maximum atomic E-state index is 13.1. The zero-order valence-electron chi connectivity index (χ0n) is 18.7. The highest BCUT2D eigenvalue weighted by molar-refractivity contribution is 6.32. The van der Waals surface area contributed by atoms with E-state index in [2.05, 4.69) is 20.6 Å². The van der Waals surface area contributed by atoms with Gasteiger partial charge in [-0.15, -0.1) is 0 Å². The molecule has 0 spiro atoms. The Morgan fingerprint density at radius 3 is 2.97 bits per heavy atom. The Morgan fingerprint density at radius 2 is 2.21 bits per heavy atom. The van der Waals surface area contributed by atoms with Gasteiger partial charge in [0.05, 0.1) is 60.7 Å². The van der Waals surface area contributed by atoms with Gasteiger partial charge >= 0.3 is 0 Å². The van der Waals surface area contributed by atoms with Gasteiger partial charge in [-0.1, -0.05) is 17.7 Å². The predicted molar refractivity (Wildman–Crippen MR) is 130 cm³/mol. The molecule has 5 rings (SSSR count). The van der Waals surface area contributed by atoms with Crippen molar-refractivity contribution in [3.63, 3.8) is 0 Å². The molecule has 2 aliphatic rings. The van der Waals surface area contributed by atoms with E-state index in [9.17, 15) is 4.79 Å². The number of pyridine rings is 1. The molecule has 4 heterocycles. The number of anilines is 3. The number of para-hydroxylation sites is 1. The number of aromatic nitrogens is 2. The lowest BCUT2D eigenvalue weighted by atomic mass is 9.91. The number of halogens is 1. The van der Waals surface area contributed by atoms with Crippen LogP contribution in [0.1, 0.15) is 28.4 Å². The Labute approximate surface area is 201 Å². The van der Waals surface area contributed by atoms with Crippen LogP contribution in [0.2, 0.25) is 5.02 Å². The van der Waals surface area contributed by atoms with Crippen LogP contribution in [0.5, 0.6) is 5.75 Å². The number of carbonyl (C=O) groups is 1. The number of aromatic amines is 1. The van der Waals surface area contributed by atoms with Crippen LogP contribution >= 0.6 is 11.6 Å². The summed E-state index contributed by atoms with van der Waals surface area (Å²) in [6, 6.07) is 9.03. The molecule has 1 fully saturated rings. The van der Waals surface area contributed by atoms with Gasteiger partial charge in [0.1, 0.15) is 5.82 Å². The zero-order valence-corrected chi connectivity index (χ0v) is 19.4. The first-order valence-electron chi connectivity index (χ1n) is 11.1. The molecule has 0 aliphatic carbocycles. The SMILES string of the molecule is COc1c(Cl)cccc1Nc1c(-c2ccnc(N)c2)[nH]c2c1C(=O)NCC2C[C@@H]1COCCO1. The standard InChI is InChI=1S/C24H26ClN5O4/c1-32-23-16(25)3-2-4-17(23)29-22-19-20(30-21(22)13-5-6-27-18(26)10-13)14(11-28-24(19)31)9-15-12-33-7-8-34-15/h2-6,10,14-15,29-30H,7-9,11-12H2,1H3,(H2,26,27)(H,28,31)/t14?,15-/m1/s1. The van der Waals surface area contributed by atoms with Crippen molar-refractivity contribution >= 4 is 34.7 Å². The van der Waals surface area contributed by atoms with Crippen LogP contribution in [0.25, 0.3) is 11.3 Å². The van der Waals surface area contributed by atoms with Gasteiger partial charge in [-0.3, -0.25) is 4.79 Å². The van der Waals surface area contributed by atoms with Crippen LogP contribution in [0.3, 0.4) is 0 Å². The second kappa shape index (κ2) is 9.54. The van der Waals surface area contributed by atoms with Crippen molar-refractivity contribution < 1.29 is 19.0 Å². The average molecular weight is 484 g/mol.